The van der Waals surface area contributed by atoms with Gasteiger partial charge in [-0.2, -0.15) is 13.2 Å². The molecule has 2 rings (SSSR count). The molecule has 0 spiro atoms. The van der Waals surface area contributed by atoms with E-state index in [1.165, 1.54) is 19.1 Å². The maximum Gasteiger partial charge on any atom is 0.393 e. The number of carbonyl (C=O) groups is 1. The van der Waals surface area contributed by atoms with Crippen molar-refractivity contribution in [1.29, 1.82) is 0 Å². The van der Waals surface area contributed by atoms with Crippen LogP contribution in [0.25, 0.3) is 0 Å². The highest BCUT2D eigenvalue weighted by atomic mass is 19.4. The van der Waals surface area contributed by atoms with Gasteiger partial charge in [-0.1, -0.05) is 18.9 Å². The molecule has 1 aliphatic carbocycles. The fourth-order valence-electron chi connectivity index (χ4n) is 2.89. The summed E-state index contributed by atoms with van der Waals surface area (Å²) < 4.78 is 39.1. The van der Waals surface area contributed by atoms with Gasteiger partial charge in [0.15, 0.2) is 0 Å². The van der Waals surface area contributed by atoms with Gasteiger partial charge in [0.25, 0.3) is 11.6 Å². The van der Waals surface area contributed by atoms with Gasteiger partial charge in [-0.25, -0.2) is 0 Å². The molecule has 0 bridgehead atoms. The summed E-state index contributed by atoms with van der Waals surface area (Å²) in [5.74, 6) is -2.28. The first-order valence-corrected chi connectivity index (χ1v) is 7.33. The zero-order valence-electron chi connectivity index (χ0n) is 12.5. The number of amides is 1. The van der Waals surface area contributed by atoms with Crippen LogP contribution in [0.15, 0.2) is 18.2 Å². The third-order valence-corrected chi connectivity index (χ3v) is 4.17. The Morgan fingerprint density at radius 1 is 1.30 bits per heavy atom. The standard InChI is InChI=1S/C15H17F3N2O3/c1-9-6-7-10(8-13(9)20(22)23)14(21)19-12-5-3-2-4-11(12)15(16,17)18/h6-8,11-12H,2-5H2,1H3,(H,19,21). The van der Waals surface area contributed by atoms with E-state index in [-0.39, 0.29) is 24.1 Å². The van der Waals surface area contributed by atoms with E-state index in [1.807, 2.05) is 0 Å². The van der Waals surface area contributed by atoms with Crippen LogP contribution in [0, 0.1) is 23.0 Å². The molecule has 1 saturated carbocycles. The van der Waals surface area contributed by atoms with Crippen molar-refractivity contribution < 1.29 is 22.9 Å². The molecular weight excluding hydrogens is 313 g/mol. The Bertz CT molecular complexity index is 616. The van der Waals surface area contributed by atoms with Crippen molar-refractivity contribution in [2.75, 3.05) is 0 Å². The number of carbonyl (C=O) groups excluding carboxylic acids is 1. The van der Waals surface area contributed by atoms with Crippen LogP contribution in [0.5, 0.6) is 0 Å². The predicted molar refractivity (Wildman–Crippen MR) is 77.1 cm³/mol. The smallest absolute Gasteiger partial charge is 0.349 e. The minimum Gasteiger partial charge on any atom is -0.349 e. The Hall–Kier alpha value is -2.12. The lowest BCUT2D eigenvalue weighted by Gasteiger charge is -2.33. The van der Waals surface area contributed by atoms with Crippen LogP contribution in [0.4, 0.5) is 18.9 Å². The maximum absolute atomic E-state index is 13.0. The Morgan fingerprint density at radius 3 is 2.57 bits per heavy atom. The van der Waals surface area contributed by atoms with Gasteiger partial charge < -0.3 is 5.32 Å². The van der Waals surface area contributed by atoms with Crippen molar-refractivity contribution in [3.8, 4) is 0 Å². The normalized spacial score (nSPS) is 21.7. The molecule has 8 heteroatoms. The van der Waals surface area contributed by atoms with Gasteiger partial charge in [-0.15, -0.1) is 0 Å². The van der Waals surface area contributed by atoms with E-state index in [0.717, 1.165) is 6.07 Å². The summed E-state index contributed by atoms with van der Waals surface area (Å²) in [5.41, 5.74) is 0.153. The first-order valence-electron chi connectivity index (χ1n) is 7.33. The number of nitrogens with zero attached hydrogens (tertiary/aromatic N) is 1. The van der Waals surface area contributed by atoms with Crippen LogP contribution in [0.2, 0.25) is 0 Å². The quantitative estimate of drug-likeness (QED) is 0.677. The minimum absolute atomic E-state index is 0.00574. The Labute approximate surface area is 131 Å². The van der Waals surface area contributed by atoms with Crippen LogP contribution in [0.3, 0.4) is 0 Å². The van der Waals surface area contributed by atoms with Crippen LogP contribution >= 0.6 is 0 Å². The van der Waals surface area contributed by atoms with E-state index in [2.05, 4.69) is 5.32 Å². The first-order chi connectivity index (χ1) is 10.7. The average molecular weight is 330 g/mol. The summed E-state index contributed by atoms with van der Waals surface area (Å²) in [6.45, 7) is 1.53. The first kappa shape index (κ1) is 17.2. The van der Waals surface area contributed by atoms with Gasteiger partial charge in [0, 0.05) is 23.2 Å². The number of nitro benzene ring substituents is 1. The number of nitro groups is 1. The lowest BCUT2D eigenvalue weighted by Crippen LogP contribution is -2.47. The second-order valence-electron chi connectivity index (χ2n) is 5.77. The molecule has 2 unspecified atom stereocenters. The molecule has 0 saturated heterocycles. The topological polar surface area (TPSA) is 72.2 Å². The Morgan fingerprint density at radius 2 is 1.96 bits per heavy atom. The third-order valence-electron chi connectivity index (χ3n) is 4.17. The molecule has 1 aliphatic rings. The second kappa shape index (κ2) is 6.55. The van der Waals surface area contributed by atoms with Crippen LogP contribution in [0.1, 0.15) is 41.6 Å². The molecule has 0 radical (unpaired) electrons. The van der Waals surface area contributed by atoms with Crippen LogP contribution in [-0.4, -0.2) is 23.0 Å². The largest absolute Gasteiger partial charge is 0.393 e. The van der Waals surface area contributed by atoms with E-state index < -0.39 is 29.0 Å². The molecule has 1 aromatic carbocycles. The van der Waals surface area contributed by atoms with Gasteiger partial charge in [0.1, 0.15) is 0 Å². The van der Waals surface area contributed by atoms with E-state index in [0.29, 0.717) is 18.4 Å². The van der Waals surface area contributed by atoms with E-state index in [1.54, 1.807) is 0 Å². The zero-order valence-corrected chi connectivity index (χ0v) is 12.5. The number of hydrogen-bond donors (Lipinski definition) is 1. The summed E-state index contributed by atoms with van der Waals surface area (Å²) in [4.78, 5) is 22.4. The van der Waals surface area contributed by atoms with Crippen LogP contribution in [-0.2, 0) is 0 Å². The van der Waals surface area contributed by atoms with Crippen LogP contribution < -0.4 is 5.32 Å². The summed E-state index contributed by atoms with van der Waals surface area (Å²) in [6.07, 6.45) is -3.03. The van der Waals surface area contributed by atoms with E-state index in [4.69, 9.17) is 0 Å². The average Bonchev–Trinajstić information content (AvgIpc) is 2.46. The molecule has 0 aliphatic heterocycles. The maximum atomic E-state index is 13.0. The van der Waals surface area contributed by atoms with E-state index >= 15 is 0 Å². The molecule has 1 N–H and O–H groups in total. The van der Waals surface area contributed by atoms with Crippen molar-refractivity contribution in [2.24, 2.45) is 5.92 Å². The van der Waals surface area contributed by atoms with Crippen molar-refractivity contribution >= 4 is 11.6 Å². The second-order valence-corrected chi connectivity index (χ2v) is 5.77. The number of hydrogen-bond acceptors (Lipinski definition) is 3. The fraction of sp³-hybridized carbons (Fsp3) is 0.533. The predicted octanol–water partition coefficient (Wildman–Crippen LogP) is 3.75. The third kappa shape index (κ3) is 4.00. The van der Waals surface area contributed by atoms with Gasteiger partial charge in [0.05, 0.1) is 10.8 Å². The van der Waals surface area contributed by atoms with E-state index in [9.17, 15) is 28.1 Å². The van der Waals surface area contributed by atoms with Crippen molar-refractivity contribution in [1.82, 2.24) is 5.32 Å². The minimum atomic E-state index is -4.36. The highest BCUT2D eigenvalue weighted by Crippen LogP contribution is 2.37. The lowest BCUT2D eigenvalue weighted by atomic mass is 9.84. The summed E-state index contributed by atoms with van der Waals surface area (Å²) in [5, 5.41) is 13.3. The summed E-state index contributed by atoms with van der Waals surface area (Å²) >= 11 is 0. The highest BCUT2D eigenvalue weighted by molar-refractivity contribution is 5.95. The number of alkyl halides is 3. The number of aryl methyl sites for hydroxylation is 1. The molecule has 23 heavy (non-hydrogen) atoms. The highest BCUT2D eigenvalue weighted by Gasteiger charge is 2.46. The summed E-state index contributed by atoms with van der Waals surface area (Å²) in [6, 6.07) is 2.89. The SMILES string of the molecule is Cc1ccc(C(=O)NC2CCCCC2C(F)(F)F)cc1[N+](=O)[O-]. The molecule has 126 valence electrons. The molecule has 2 atom stereocenters. The molecular formula is C15H17F3N2O3. The van der Waals surface area contributed by atoms with Gasteiger partial charge in [-0.05, 0) is 25.8 Å². The lowest BCUT2D eigenvalue weighted by molar-refractivity contribution is -0.385. The number of benzene rings is 1. The Kier molecular flexibility index (Phi) is 4.91. The Balaban J connectivity index is 2.17. The van der Waals surface area contributed by atoms with Crippen molar-refractivity contribution in [2.45, 2.75) is 44.8 Å². The fourth-order valence-corrected chi connectivity index (χ4v) is 2.89. The molecule has 1 aromatic rings. The van der Waals surface area contributed by atoms with Gasteiger partial charge in [0.2, 0.25) is 0 Å². The van der Waals surface area contributed by atoms with Crippen molar-refractivity contribution in [3.05, 3.63) is 39.4 Å². The zero-order chi connectivity index (χ0) is 17.2. The number of nitrogens with one attached hydrogen (secondary N) is 1. The monoisotopic (exact) mass is 330 g/mol. The molecule has 5 nitrogen and oxygen atoms in total. The molecule has 0 heterocycles. The van der Waals surface area contributed by atoms with Gasteiger partial charge in [-0.3, -0.25) is 14.9 Å². The molecule has 0 aromatic heterocycles. The number of halogens is 3. The summed E-state index contributed by atoms with van der Waals surface area (Å²) in [7, 11) is 0. The molecule has 1 amide bonds. The molecule has 1 fully saturated rings. The van der Waals surface area contributed by atoms with Gasteiger partial charge >= 0.3 is 6.18 Å². The van der Waals surface area contributed by atoms with Crippen molar-refractivity contribution in [3.63, 3.8) is 0 Å². The number of rotatable bonds is 3.